The Morgan fingerprint density at radius 3 is 2.30 bits per heavy atom. The van der Waals surface area contributed by atoms with E-state index in [1.54, 1.807) is 62.4 Å². The van der Waals surface area contributed by atoms with E-state index in [0.29, 0.717) is 44.3 Å². The zero-order valence-electron chi connectivity index (χ0n) is 22.7. The SMILES string of the molecule is CCOC(=O)C1=C(C)N=c2s/c(=C/c3ccc(OC(C)=O)c(OCC)c3)c(=O)n2C1c1ccc(OC(C)=O)cc1. The highest BCUT2D eigenvalue weighted by atomic mass is 32.1. The number of aromatic nitrogens is 1. The molecule has 0 saturated heterocycles. The van der Waals surface area contributed by atoms with Crippen molar-refractivity contribution >= 4 is 35.3 Å². The van der Waals surface area contributed by atoms with Crippen LogP contribution in [0.1, 0.15) is 51.8 Å². The monoisotopic (exact) mass is 564 g/mol. The van der Waals surface area contributed by atoms with E-state index in [1.165, 1.54) is 29.8 Å². The van der Waals surface area contributed by atoms with Gasteiger partial charge in [0.25, 0.3) is 5.56 Å². The van der Waals surface area contributed by atoms with Crippen LogP contribution in [-0.2, 0) is 19.1 Å². The van der Waals surface area contributed by atoms with Crippen molar-refractivity contribution in [3.63, 3.8) is 0 Å². The Kier molecular flexibility index (Phi) is 8.64. The molecule has 0 aliphatic carbocycles. The Hall–Kier alpha value is -4.51. The minimum Gasteiger partial charge on any atom is -0.490 e. The lowest BCUT2D eigenvalue weighted by Gasteiger charge is -2.24. The van der Waals surface area contributed by atoms with Crippen LogP contribution in [0.3, 0.4) is 0 Å². The number of hydrogen-bond acceptors (Lipinski definition) is 10. The predicted octanol–water partition coefficient (Wildman–Crippen LogP) is 3.05. The second kappa shape index (κ2) is 12.1. The van der Waals surface area contributed by atoms with Gasteiger partial charge >= 0.3 is 17.9 Å². The van der Waals surface area contributed by atoms with Gasteiger partial charge < -0.3 is 18.9 Å². The molecule has 40 heavy (non-hydrogen) atoms. The number of rotatable bonds is 8. The maximum Gasteiger partial charge on any atom is 0.338 e. The lowest BCUT2D eigenvalue weighted by Crippen LogP contribution is -2.39. The molecule has 1 aliphatic rings. The number of carbonyl (C=O) groups is 3. The molecule has 0 fully saturated rings. The number of thiazole rings is 1. The van der Waals surface area contributed by atoms with Crippen LogP contribution in [0, 0.1) is 0 Å². The number of allylic oxidation sites excluding steroid dienone is 1. The van der Waals surface area contributed by atoms with Gasteiger partial charge in [0.05, 0.1) is 35.1 Å². The quantitative estimate of drug-likeness (QED) is 0.302. The molecule has 10 nitrogen and oxygen atoms in total. The Morgan fingerprint density at radius 2 is 1.68 bits per heavy atom. The first kappa shape index (κ1) is 28.5. The van der Waals surface area contributed by atoms with Crippen LogP contribution in [0.25, 0.3) is 6.08 Å². The summed E-state index contributed by atoms with van der Waals surface area (Å²) >= 11 is 1.18. The number of hydrogen-bond donors (Lipinski definition) is 0. The van der Waals surface area contributed by atoms with Crippen molar-refractivity contribution < 1.29 is 33.3 Å². The van der Waals surface area contributed by atoms with E-state index in [4.69, 9.17) is 18.9 Å². The zero-order chi connectivity index (χ0) is 29.0. The van der Waals surface area contributed by atoms with Crippen LogP contribution >= 0.6 is 11.3 Å². The van der Waals surface area contributed by atoms with Crippen LogP contribution in [0.2, 0.25) is 0 Å². The molecule has 2 aromatic carbocycles. The Balaban J connectivity index is 1.86. The molecule has 0 bridgehead atoms. The molecule has 1 aliphatic heterocycles. The third kappa shape index (κ3) is 6.04. The third-order valence-corrected chi connectivity index (χ3v) is 6.78. The van der Waals surface area contributed by atoms with Gasteiger partial charge in [-0.05, 0) is 62.2 Å². The van der Waals surface area contributed by atoms with Crippen molar-refractivity contribution in [2.24, 2.45) is 4.99 Å². The molecule has 2 heterocycles. The Labute approximate surface area is 233 Å². The molecule has 0 amide bonds. The topological polar surface area (TPSA) is 122 Å². The van der Waals surface area contributed by atoms with E-state index in [0.717, 1.165) is 0 Å². The average molecular weight is 565 g/mol. The molecule has 0 spiro atoms. The molecular weight excluding hydrogens is 536 g/mol. The number of nitrogens with zero attached hydrogens (tertiary/aromatic N) is 2. The average Bonchev–Trinajstić information content (AvgIpc) is 3.19. The van der Waals surface area contributed by atoms with Crippen molar-refractivity contribution in [1.82, 2.24) is 4.57 Å². The fraction of sp³-hybridized carbons (Fsp3) is 0.276. The Morgan fingerprint density at radius 1 is 0.975 bits per heavy atom. The van der Waals surface area contributed by atoms with Gasteiger partial charge in [-0.1, -0.05) is 29.5 Å². The molecule has 11 heteroatoms. The van der Waals surface area contributed by atoms with Gasteiger partial charge in [-0.2, -0.15) is 0 Å². The molecule has 0 saturated carbocycles. The second-order valence-corrected chi connectivity index (χ2v) is 9.71. The first-order valence-corrected chi connectivity index (χ1v) is 13.4. The largest absolute Gasteiger partial charge is 0.490 e. The fourth-order valence-corrected chi connectivity index (χ4v) is 5.31. The summed E-state index contributed by atoms with van der Waals surface area (Å²) in [6.07, 6.45) is 1.69. The normalized spacial score (nSPS) is 14.7. The summed E-state index contributed by atoms with van der Waals surface area (Å²) in [6.45, 7) is 8.33. The highest BCUT2D eigenvalue weighted by molar-refractivity contribution is 7.07. The lowest BCUT2D eigenvalue weighted by molar-refractivity contribution is -0.139. The summed E-state index contributed by atoms with van der Waals surface area (Å²) in [6, 6.07) is 10.8. The maximum absolute atomic E-state index is 13.8. The van der Waals surface area contributed by atoms with Crippen LogP contribution in [0.15, 0.2) is 63.5 Å². The van der Waals surface area contributed by atoms with Gasteiger partial charge in [-0.3, -0.25) is 19.0 Å². The van der Waals surface area contributed by atoms with Crippen LogP contribution in [0.5, 0.6) is 17.2 Å². The molecule has 1 atom stereocenters. The molecular formula is C29H28N2O8S. The summed E-state index contributed by atoms with van der Waals surface area (Å²) in [7, 11) is 0. The first-order chi connectivity index (χ1) is 19.1. The van der Waals surface area contributed by atoms with Crippen molar-refractivity contribution in [1.29, 1.82) is 0 Å². The van der Waals surface area contributed by atoms with Gasteiger partial charge in [0, 0.05) is 13.8 Å². The third-order valence-electron chi connectivity index (χ3n) is 5.79. The smallest absolute Gasteiger partial charge is 0.338 e. The summed E-state index contributed by atoms with van der Waals surface area (Å²) in [4.78, 5) is 54.7. The summed E-state index contributed by atoms with van der Waals surface area (Å²) in [5.74, 6) is -0.531. The van der Waals surface area contributed by atoms with Gasteiger partial charge in [0.1, 0.15) is 5.75 Å². The highest BCUT2D eigenvalue weighted by Gasteiger charge is 2.33. The molecule has 1 unspecified atom stereocenters. The van der Waals surface area contributed by atoms with E-state index in [1.807, 2.05) is 6.92 Å². The molecule has 0 N–H and O–H groups in total. The molecule has 3 aromatic rings. The van der Waals surface area contributed by atoms with Crippen LogP contribution in [-0.4, -0.2) is 35.7 Å². The molecule has 1 aromatic heterocycles. The summed E-state index contributed by atoms with van der Waals surface area (Å²) < 4.78 is 23.1. The fourth-order valence-electron chi connectivity index (χ4n) is 4.26. The highest BCUT2D eigenvalue weighted by Crippen LogP contribution is 2.32. The van der Waals surface area contributed by atoms with E-state index in [2.05, 4.69) is 4.99 Å². The molecule has 0 radical (unpaired) electrons. The van der Waals surface area contributed by atoms with E-state index in [-0.39, 0.29) is 23.5 Å². The molecule has 4 rings (SSSR count). The second-order valence-electron chi connectivity index (χ2n) is 8.70. The van der Waals surface area contributed by atoms with Crippen LogP contribution < -0.4 is 29.1 Å². The number of esters is 3. The minimum absolute atomic E-state index is 0.156. The van der Waals surface area contributed by atoms with Crippen molar-refractivity contribution in [2.75, 3.05) is 13.2 Å². The summed E-state index contributed by atoms with van der Waals surface area (Å²) in [5.41, 5.74) is 1.59. The zero-order valence-corrected chi connectivity index (χ0v) is 23.5. The number of ether oxygens (including phenoxy) is 4. The van der Waals surface area contributed by atoms with E-state index in [9.17, 15) is 19.2 Å². The van der Waals surface area contributed by atoms with Gasteiger partial charge in [0.15, 0.2) is 16.3 Å². The molecule has 208 valence electrons. The van der Waals surface area contributed by atoms with Gasteiger partial charge in [-0.25, -0.2) is 9.79 Å². The standard InChI is InChI=1S/C29H28N2O8S/c1-6-36-23-14-19(8-13-22(23)39-18(5)33)15-24-27(34)31-26(20-9-11-21(12-10-20)38-17(4)32)25(28(35)37-7-2)16(3)30-29(31)40-24/h8-15,26H,6-7H2,1-5H3/b24-15+. The lowest BCUT2D eigenvalue weighted by atomic mass is 9.96. The van der Waals surface area contributed by atoms with Crippen molar-refractivity contribution in [2.45, 2.75) is 40.7 Å². The number of benzene rings is 2. The van der Waals surface area contributed by atoms with Crippen molar-refractivity contribution in [3.8, 4) is 17.2 Å². The van der Waals surface area contributed by atoms with Crippen molar-refractivity contribution in [3.05, 3.63) is 84.5 Å². The van der Waals surface area contributed by atoms with E-state index < -0.39 is 23.9 Å². The first-order valence-electron chi connectivity index (χ1n) is 12.6. The predicted molar refractivity (Wildman–Crippen MR) is 147 cm³/mol. The number of carbonyl (C=O) groups excluding carboxylic acids is 3. The minimum atomic E-state index is -0.811. The number of fused-ring (bicyclic) bond motifs is 1. The van der Waals surface area contributed by atoms with Gasteiger partial charge in [-0.15, -0.1) is 0 Å². The Bertz CT molecular complexity index is 1680. The summed E-state index contributed by atoms with van der Waals surface area (Å²) in [5, 5.41) is 0. The van der Waals surface area contributed by atoms with E-state index >= 15 is 0 Å². The van der Waals surface area contributed by atoms with Gasteiger partial charge in [0.2, 0.25) is 0 Å². The maximum atomic E-state index is 13.8. The van der Waals surface area contributed by atoms with Crippen LogP contribution in [0.4, 0.5) is 0 Å².